The summed E-state index contributed by atoms with van der Waals surface area (Å²) >= 11 is 0. The van der Waals surface area contributed by atoms with E-state index in [4.69, 9.17) is 0 Å². The van der Waals surface area contributed by atoms with E-state index in [2.05, 4.69) is 52.2 Å². The third-order valence-corrected chi connectivity index (χ3v) is 4.42. The molecule has 3 rings (SSSR count). The molecule has 22 heavy (non-hydrogen) atoms. The molecule has 2 heterocycles. The topological polar surface area (TPSA) is 44.3 Å². The van der Waals surface area contributed by atoms with Crippen LogP contribution in [-0.2, 0) is 6.54 Å². The van der Waals surface area contributed by atoms with Crippen molar-refractivity contribution in [3.63, 3.8) is 0 Å². The number of hydrogen-bond donors (Lipinski definition) is 1. The highest BCUT2D eigenvalue weighted by molar-refractivity contribution is 5.46. The van der Waals surface area contributed by atoms with E-state index in [0.717, 1.165) is 32.7 Å². The zero-order valence-corrected chi connectivity index (χ0v) is 13.1. The number of imidazole rings is 1. The number of benzene rings is 1. The van der Waals surface area contributed by atoms with Crippen molar-refractivity contribution >= 4 is 5.69 Å². The number of likely N-dealkylation sites (N-methyl/N-ethyl adjacent to an activating group) is 1. The first-order valence-electron chi connectivity index (χ1n) is 7.95. The number of anilines is 1. The fourth-order valence-electron chi connectivity index (χ4n) is 3.19. The van der Waals surface area contributed by atoms with Gasteiger partial charge in [-0.3, -0.25) is 4.57 Å². The second-order valence-corrected chi connectivity index (χ2v) is 6.16. The third kappa shape index (κ3) is 3.60. The van der Waals surface area contributed by atoms with Crippen molar-refractivity contribution in [2.24, 2.45) is 5.92 Å². The van der Waals surface area contributed by atoms with E-state index in [-0.39, 0.29) is 5.69 Å². The van der Waals surface area contributed by atoms with E-state index in [1.807, 2.05) is 6.20 Å². The monoisotopic (exact) mass is 300 g/mol. The van der Waals surface area contributed by atoms with E-state index >= 15 is 0 Å². The predicted octanol–water partition coefficient (Wildman–Crippen LogP) is 1.63. The lowest BCUT2D eigenvalue weighted by atomic mass is 10.1. The summed E-state index contributed by atoms with van der Waals surface area (Å²) in [6, 6.07) is 10.6. The average molecular weight is 300 g/mol. The molecule has 118 valence electrons. The van der Waals surface area contributed by atoms with Crippen LogP contribution in [-0.4, -0.2) is 47.7 Å². The summed E-state index contributed by atoms with van der Waals surface area (Å²) in [6.07, 6.45) is 4.74. The minimum absolute atomic E-state index is 0.0236. The summed E-state index contributed by atoms with van der Waals surface area (Å²) in [5.41, 5.74) is 1.30. The standard InChI is InChI=1S/C17H24N4O/c1-19(11-12-20-10-8-18-17(20)22)13-15-7-9-21(14-15)16-5-3-2-4-6-16/h2-6,8,10,15H,7,9,11-14H2,1H3,(H,18,22)/t15-/m1/s1. The first-order valence-corrected chi connectivity index (χ1v) is 7.95. The fraction of sp³-hybridized carbons (Fsp3) is 0.471. The molecule has 0 amide bonds. The molecule has 1 aromatic carbocycles. The number of aromatic amines is 1. The van der Waals surface area contributed by atoms with Gasteiger partial charge < -0.3 is 14.8 Å². The minimum atomic E-state index is -0.0236. The molecule has 5 heteroatoms. The lowest BCUT2D eigenvalue weighted by Crippen LogP contribution is -2.32. The van der Waals surface area contributed by atoms with Crippen LogP contribution in [0.3, 0.4) is 0 Å². The number of H-pyrrole nitrogens is 1. The maximum absolute atomic E-state index is 11.5. The molecule has 1 atom stereocenters. The van der Waals surface area contributed by atoms with E-state index in [1.54, 1.807) is 10.8 Å². The highest BCUT2D eigenvalue weighted by Crippen LogP contribution is 2.23. The van der Waals surface area contributed by atoms with Gasteiger partial charge in [-0.05, 0) is 31.5 Å². The molecule has 0 saturated carbocycles. The zero-order chi connectivity index (χ0) is 15.4. The number of para-hydroxylation sites is 1. The molecule has 0 unspecified atom stereocenters. The molecule has 1 aliphatic heterocycles. The van der Waals surface area contributed by atoms with Gasteiger partial charge in [-0.25, -0.2) is 4.79 Å². The van der Waals surface area contributed by atoms with E-state index in [9.17, 15) is 4.79 Å². The summed E-state index contributed by atoms with van der Waals surface area (Å²) in [5.74, 6) is 0.702. The SMILES string of the molecule is CN(CCn1cc[nH]c1=O)C[C@H]1CCN(c2ccccc2)C1. The number of nitrogens with zero attached hydrogens (tertiary/aromatic N) is 3. The second-order valence-electron chi connectivity index (χ2n) is 6.16. The van der Waals surface area contributed by atoms with Gasteiger partial charge in [-0.2, -0.15) is 0 Å². The van der Waals surface area contributed by atoms with Gasteiger partial charge in [0, 0.05) is 50.8 Å². The lowest BCUT2D eigenvalue weighted by molar-refractivity contribution is 0.275. The molecule has 0 radical (unpaired) electrons. The summed E-state index contributed by atoms with van der Waals surface area (Å²) in [4.78, 5) is 18.9. The Morgan fingerprint density at radius 3 is 2.86 bits per heavy atom. The van der Waals surface area contributed by atoms with Crippen molar-refractivity contribution in [1.82, 2.24) is 14.5 Å². The Bertz CT molecular complexity index is 633. The summed E-state index contributed by atoms with van der Waals surface area (Å²) in [7, 11) is 2.14. The van der Waals surface area contributed by atoms with Crippen LogP contribution >= 0.6 is 0 Å². The smallest absolute Gasteiger partial charge is 0.325 e. The molecule has 0 aliphatic carbocycles. The predicted molar refractivity (Wildman–Crippen MR) is 89.3 cm³/mol. The summed E-state index contributed by atoms with van der Waals surface area (Å²) < 4.78 is 1.72. The van der Waals surface area contributed by atoms with Crippen LogP contribution in [0.15, 0.2) is 47.5 Å². The largest absolute Gasteiger partial charge is 0.371 e. The fourth-order valence-corrected chi connectivity index (χ4v) is 3.19. The maximum atomic E-state index is 11.5. The number of hydrogen-bond acceptors (Lipinski definition) is 3. The maximum Gasteiger partial charge on any atom is 0.325 e. The molecule has 1 aliphatic rings. The van der Waals surface area contributed by atoms with Gasteiger partial charge in [-0.15, -0.1) is 0 Å². The number of aromatic nitrogens is 2. The van der Waals surface area contributed by atoms with Crippen LogP contribution in [0.2, 0.25) is 0 Å². The Labute approximate surface area is 131 Å². The summed E-state index contributed by atoms with van der Waals surface area (Å²) in [5, 5.41) is 0. The van der Waals surface area contributed by atoms with Gasteiger partial charge in [-0.1, -0.05) is 18.2 Å². The molecule has 5 nitrogen and oxygen atoms in total. The highest BCUT2D eigenvalue weighted by atomic mass is 16.1. The van der Waals surface area contributed by atoms with Crippen molar-refractivity contribution in [1.29, 1.82) is 0 Å². The minimum Gasteiger partial charge on any atom is -0.371 e. The first-order chi connectivity index (χ1) is 10.7. The van der Waals surface area contributed by atoms with Crippen molar-refractivity contribution in [3.05, 3.63) is 53.2 Å². The van der Waals surface area contributed by atoms with Crippen LogP contribution in [0.4, 0.5) is 5.69 Å². The molecule has 2 aromatic rings. The van der Waals surface area contributed by atoms with Gasteiger partial charge >= 0.3 is 5.69 Å². The van der Waals surface area contributed by atoms with Gasteiger partial charge in [0.2, 0.25) is 0 Å². The second kappa shape index (κ2) is 6.83. The van der Waals surface area contributed by atoms with Crippen LogP contribution in [0.5, 0.6) is 0 Å². The molecule has 0 bridgehead atoms. The Hall–Kier alpha value is -2.01. The third-order valence-electron chi connectivity index (χ3n) is 4.42. The van der Waals surface area contributed by atoms with Crippen molar-refractivity contribution in [3.8, 4) is 0 Å². The molecular formula is C17H24N4O. The Morgan fingerprint density at radius 2 is 2.14 bits per heavy atom. The lowest BCUT2D eigenvalue weighted by Gasteiger charge is -2.22. The Balaban J connectivity index is 1.46. The number of nitrogens with one attached hydrogen (secondary N) is 1. The van der Waals surface area contributed by atoms with Gasteiger partial charge in [0.15, 0.2) is 0 Å². The molecular weight excluding hydrogens is 276 g/mol. The van der Waals surface area contributed by atoms with Gasteiger partial charge in [0.05, 0.1) is 0 Å². The number of rotatable bonds is 6. The van der Waals surface area contributed by atoms with Crippen molar-refractivity contribution in [2.45, 2.75) is 13.0 Å². The Morgan fingerprint density at radius 1 is 1.32 bits per heavy atom. The van der Waals surface area contributed by atoms with E-state index in [0.29, 0.717) is 5.92 Å². The zero-order valence-electron chi connectivity index (χ0n) is 13.1. The van der Waals surface area contributed by atoms with E-state index in [1.165, 1.54) is 12.1 Å². The molecule has 0 spiro atoms. The van der Waals surface area contributed by atoms with Crippen molar-refractivity contribution < 1.29 is 0 Å². The molecule has 1 N–H and O–H groups in total. The van der Waals surface area contributed by atoms with Gasteiger partial charge in [0.25, 0.3) is 0 Å². The van der Waals surface area contributed by atoms with Crippen LogP contribution in [0.25, 0.3) is 0 Å². The molecule has 1 aromatic heterocycles. The first kappa shape index (κ1) is 14.9. The van der Waals surface area contributed by atoms with Crippen molar-refractivity contribution in [2.75, 3.05) is 38.1 Å². The Kier molecular flexibility index (Phi) is 4.63. The quantitative estimate of drug-likeness (QED) is 0.882. The molecule has 1 saturated heterocycles. The highest BCUT2D eigenvalue weighted by Gasteiger charge is 2.23. The molecule has 1 fully saturated rings. The van der Waals surface area contributed by atoms with Crippen LogP contribution in [0, 0.1) is 5.92 Å². The summed E-state index contributed by atoms with van der Waals surface area (Å²) in [6.45, 7) is 4.99. The van der Waals surface area contributed by atoms with Crippen LogP contribution < -0.4 is 10.6 Å². The van der Waals surface area contributed by atoms with E-state index < -0.39 is 0 Å². The van der Waals surface area contributed by atoms with Gasteiger partial charge in [0.1, 0.15) is 0 Å². The normalized spacial score (nSPS) is 18.3. The van der Waals surface area contributed by atoms with Crippen LogP contribution in [0.1, 0.15) is 6.42 Å². The average Bonchev–Trinajstić information content (AvgIpc) is 3.15.